The highest BCUT2D eigenvalue weighted by Gasteiger charge is 2.01. The fourth-order valence-electron chi connectivity index (χ4n) is 1.00. The normalized spacial score (nSPS) is 9.77. The van der Waals surface area contributed by atoms with Crippen molar-refractivity contribution in [2.45, 2.75) is 0 Å². The van der Waals surface area contributed by atoms with E-state index in [9.17, 15) is 0 Å². The predicted molar refractivity (Wildman–Crippen MR) is 63.2 cm³/mol. The first-order chi connectivity index (χ1) is 6.31. The first-order valence-corrected chi connectivity index (χ1v) is 5.19. The lowest BCUT2D eigenvalue weighted by Crippen LogP contribution is -2.18. The van der Waals surface area contributed by atoms with E-state index >= 15 is 0 Å². The molecule has 0 saturated heterocycles. The van der Waals surface area contributed by atoms with Gasteiger partial charge < -0.3 is 9.64 Å². The van der Waals surface area contributed by atoms with Crippen LogP contribution in [0.15, 0.2) is 24.3 Å². The van der Waals surface area contributed by atoms with Crippen molar-refractivity contribution in [2.75, 3.05) is 23.8 Å². The van der Waals surface area contributed by atoms with E-state index in [-0.39, 0.29) is 0 Å². The molecule has 0 aliphatic rings. The summed E-state index contributed by atoms with van der Waals surface area (Å²) in [5.41, 5.74) is 1.10. The molecule has 0 unspecified atom stereocenters. The minimum Gasteiger partial charge on any atom is -0.497 e. The summed E-state index contributed by atoms with van der Waals surface area (Å²) in [5, 5.41) is 0. The topological polar surface area (TPSA) is 12.5 Å². The Kier molecular flexibility index (Phi) is 4.32. The zero-order chi connectivity index (χ0) is 9.68. The average molecular weight is 215 g/mol. The third kappa shape index (κ3) is 2.74. The van der Waals surface area contributed by atoms with Gasteiger partial charge in [0.25, 0.3) is 0 Å². The molecule has 0 radical (unpaired) electrons. The predicted octanol–water partition coefficient (Wildman–Crippen LogP) is 2.28. The van der Waals surface area contributed by atoms with Gasteiger partial charge in [0.15, 0.2) is 0 Å². The fourth-order valence-corrected chi connectivity index (χ4v) is 1.69. The highest BCUT2D eigenvalue weighted by atomic mass is 32.1. The molecule has 0 bridgehead atoms. The van der Waals surface area contributed by atoms with Crippen LogP contribution in [0.4, 0.5) is 5.69 Å². The van der Waals surface area contributed by atoms with Gasteiger partial charge in [0.2, 0.25) is 0 Å². The van der Waals surface area contributed by atoms with Gasteiger partial charge in [-0.05, 0) is 24.3 Å². The van der Waals surface area contributed by atoms with Crippen LogP contribution < -0.4 is 9.64 Å². The third-order valence-electron chi connectivity index (χ3n) is 1.78. The summed E-state index contributed by atoms with van der Waals surface area (Å²) in [6.45, 7) is 0. The van der Waals surface area contributed by atoms with E-state index in [0.717, 1.165) is 11.4 Å². The van der Waals surface area contributed by atoms with Crippen molar-refractivity contribution in [3.63, 3.8) is 0 Å². The molecule has 0 aromatic heterocycles. The second-order valence-corrected chi connectivity index (χ2v) is 3.09. The monoisotopic (exact) mass is 215 g/mol. The Labute approximate surface area is 89.7 Å². The summed E-state index contributed by atoms with van der Waals surface area (Å²) in [7, 11) is 1.66. The first kappa shape index (κ1) is 10.6. The van der Waals surface area contributed by atoms with Crippen LogP contribution in [0.25, 0.3) is 0 Å². The molecule has 0 N–H and O–H groups in total. The molecule has 13 heavy (non-hydrogen) atoms. The van der Waals surface area contributed by atoms with Gasteiger partial charge in [-0.15, -0.1) is 0 Å². The molecule has 0 amide bonds. The van der Waals surface area contributed by atoms with Gasteiger partial charge >= 0.3 is 0 Å². The minimum atomic E-state index is 0.663. The Hall–Kier alpha value is -0.480. The summed E-state index contributed by atoms with van der Waals surface area (Å²) in [6, 6.07) is 7.83. The number of benzene rings is 1. The number of nitrogens with zero attached hydrogens (tertiary/aromatic N) is 1. The van der Waals surface area contributed by atoms with Crippen LogP contribution in [-0.4, -0.2) is 18.9 Å². The van der Waals surface area contributed by atoms with Crippen molar-refractivity contribution in [1.29, 1.82) is 0 Å². The Bertz CT molecular complexity index is 246. The van der Waals surface area contributed by atoms with Crippen molar-refractivity contribution in [2.24, 2.45) is 0 Å². The molecule has 1 rings (SSSR count). The second kappa shape index (κ2) is 5.29. The van der Waals surface area contributed by atoms with Gasteiger partial charge in [0.1, 0.15) is 5.75 Å². The minimum absolute atomic E-state index is 0.663. The molecular formula is C9H13NOS2. The van der Waals surface area contributed by atoms with Gasteiger partial charge in [-0.25, -0.2) is 0 Å². The number of hydrogen-bond donors (Lipinski definition) is 2. The lowest BCUT2D eigenvalue weighted by Gasteiger charge is -2.19. The summed E-state index contributed by atoms with van der Waals surface area (Å²) >= 11 is 8.40. The Morgan fingerprint density at radius 3 is 2.08 bits per heavy atom. The van der Waals surface area contributed by atoms with Crippen LogP contribution in [0.2, 0.25) is 0 Å². The Morgan fingerprint density at radius 2 is 1.69 bits per heavy atom. The molecule has 2 nitrogen and oxygen atoms in total. The molecule has 1 aromatic rings. The van der Waals surface area contributed by atoms with E-state index in [0.29, 0.717) is 11.8 Å². The number of ether oxygens (including phenoxy) is 1. The molecule has 0 saturated carbocycles. The molecular weight excluding hydrogens is 202 g/mol. The van der Waals surface area contributed by atoms with E-state index in [2.05, 4.69) is 25.3 Å². The first-order valence-electron chi connectivity index (χ1n) is 3.92. The second-order valence-electron chi connectivity index (χ2n) is 2.52. The van der Waals surface area contributed by atoms with Crippen molar-refractivity contribution in [1.82, 2.24) is 0 Å². The van der Waals surface area contributed by atoms with Crippen molar-refractivity contribution < 1.29 is 4.74 Å². The Balaban J connectivity index is 2.78. The molecule has 0 aliphatic carbocycles. The van der Waals surface area contributed by atoms with E-state index in [1.54, 1.807) is 7.11 Å². The smallest absolute Gasteiger partial charge is 0.119 e. The molecule has 0 aliphatic heterocycles. The summed E-state index contributed by atoms with van der Waals surface area (Å²) in [4.78, 5) is 2.03. The van der Waals surface area contributed by atoms with Crippen molar-refractivity contribution in [3.8, 4) is 5.75 Å². The number of hydrogen-bond acceptors (Lipinski definition) is 4. The maximum Gasteiger partial charge on any atom is 0.119 e. The summed E-state index contributed by atoms with van der Waals surface area (Å²) < 4.78 is 5.06. The largest absolute Gasteiger partial charge is 0.497 e. The number of methoxy groups -OCH3 is 1. The molecule has 1 aromatic carbocycles. The lowest BCUT2D eigenvalue weighted by molar-refractivity contribution is 0.415. The fraction of sp³-hybridized carbons (Fsp3) is 0.333. The van der Waals surface area contributed by atoms with Crippen molar-refractivity contribution >= 4 is 30.9 Å². The van der Waals surface area contributed by atoms with Crippen LogP contribution in [0.1, 0.15) is 0 Å². The summed E-state index contributed by atoms with van der Waals surface area (Å²) in [5.74, 6) is 2.19. The zero-order valence-electron chi connectivity index (χ0n) is 7.47. The third-order valence-corrected chi connectivity index (χ3v) is 2.46. The van der Waals surface area contributed by atoms with Crippen LogP contribution in [0.3, 0.4) is 0 Å². The van der Waals surface area contributed by atoms with Gasteiger partial charge in [0.05, 0.1) is 18.9 Å². The van der Waals surface area contributed by atoms with Gasteiger partial charge in [-0.2, -0.15) is 25.3 Å². The van der Waals surface area contributed by atoms with Crippen LogP contribution in [0.5, 0.6) is 5.75 Å². The van der Waals surface area contributed by atoms with Crippen molar-refractivity contribution in [3.05, 3.63) is 24.3 Å². The quantitative estimate of drug-likeness (QED) is 0.590. The van der Waals surface area contributed by atoms with Crippen LogP contribution in [-0.2, 0) is 0 Å². The molecule has 0 heterocycles. The molecule has 0 fully saturated rings. The van der Waals surface area contributed by atoms with E-state index in [4.69, 9.17) is 4.74 Å². The summed E-state index contributed by atoms with van der Waals surface area (Å²) in [6.07, 6.45) is 0. The molecule has 0 atom stereocenters. The standard InChI is InChI=1S/C9H13NOS2/c1-11-9-4-2-8(3-5-9)10(6-12)7-13/h2-5,12-13H,6-7H2,1H3. The number of rotatable bonds is 4. The van der Waals surface area contributed by atoms with Gasteiger partial charge in [-0.3, -0.25) is 0 Å². The highest BCUT2D eigenvalue weighted by molar-refractivity contribution is 7.81. The zero-order valence-corrected chi connectivity index (χ0v) is 9.26. The van der Waals surface area contributed by atoms with Gasteiger partial charge in [0, 0.05) is 5.69 Å². The number of anilines is 1. The highest BCUT2D eigenvalue weighted by Crippen LogP contribution is 2.19. The van der Waals surface area contributed by atoms with E-state index in [1.165, 1.54) is 0 Å². The maximum absolute atomic E-state index is 5.06. The van der Waals surface area contributed by atoms with Crippen LogP contribution >= 0.6 is 25.3 Å². The van der Waals surface area contributed by atoms with Gasteiger partial charge in [-0.1, -0.05) is 0 Å². The maximum atomic E-state index is 5.06. The van der Waals surface area contributed by atoms with E-state index < -0.39 is 0 Å². The number of thiol groups is 2. The lowest BCUT2D eigenvalue weighted by atomic mass is 10.3. The Morgan fingerprint density at radius 1 is 1.15 bits per heavy atom. The molecule has 4 heteroatoms. The van der Waals surface area contributed by atoms with E-state index in [1.807, 2.05) is 29.2 Å². The molecule has 0 spiro atoms. The molecule has 72 valence electrons. The average Bonchev–Trinajstić information content (AvgIpc) is 2.21. The SMILES string of the molecule is COc1ccc(N(CS)CS)cc1. The van der Waals surface area contributed by atoms with Crippen LogP contribution in [0, 0.1) is 0 Å².